The Morgan fingerprint density at radius 2 is 1.80 bits per heavy atom. The molecule has 4 heterocycles. The molecule has 0 radical (unpaired) electrons. The Bertz CT molecular complexity index is 1730. The summed E-state index contributed by atoms with van der Waals surface area (Å²) >= 11 is 0. The highest BCUT2D eigenvalue weighted by Gasteiger charge is 2.31. The number of anilines is 3. The number of nitrogens with two attached hydrogens (primary N) is 1. The van der Waals surface area contributed by atoms with Crippen molar-refractivity contribution >= 4 is 38.9 Å². The van der Waals surface area contributed by atoms with Crippen molar-refractivity contribution in [3.8, 4) is 11.1 Å². The van der Waals surface area contributed by atoms with Gasteiger partial charge in [0.1, 0.15) is 23.5 Å². The maximum atomic E-state index is 15.1. The lowest BCUT2D eigenvalue weighted by molar-refractivity contribution is -0.137. The minimum Gasteiger partial charge on any atom is -0.382 e. The number of aromatic nitrogens is 4. The number of hydrogen-bond acceptors (Lipinski definition) is 7. The number of pyridine rings is 1. The van der Waals surface area contributed by atoms with Gasteiger partial charge in [0.25, 0.3) is 0 Å². The number of hydrogen-bond donors (Lipinski definition) is 3. The fourth-order valence-electron chi connectivity index (χ4n) is 4.82. The van der Waals surface area contributed by atoms with Crippen molar-refractivity contribution in [2.75, 3.05) is 35.7 Å². The lowest BCUT2D eigenvalue weighted by Gasteiger charge is -2.29. The third kappa shape index (κ3) is 5.92. The Kier molecular flexibility index (Phi) is 7.29. The first-order chi connectivity index (χ1) is 19.3. The maximum absolute atomic E-state index is 15.1. The summed E-state index contributed by atoms with van der Waals surface area (Å²) in [4.78, 5) is 20.1. The standard InChI is InChI=1S/C25H24F4N8O3S/c1-41(39,40)36-8-5-14(6-9-36)20-12-17(22-23(30)32-13-33-37(20)22)15-2-3-19(18(26)10-15)34-24(38)35-21-11-16(4-7-31-21)25(27,28)29/h2-4,7,10-14H,5-6,8-9H2,1H3,(H2,30,32,33)(H2,31,34,35,38). The second kappa shape index (κ2) is 10.6. The lowest BCUT2D eigenvalue weighted by atomic mass is 9.94. The predicted molar refractivity (Wildman–Crippen MR) is 143 cm³/mol. The van der Waals surface area contributed by atoms with E-state index in [1.165, 1.54) is 29.0 Å². The first-order valence-corrected chi connectivity index (χ1v) is 14.1. The second-order valence-electron chi connectivity index (χ2n) is 9.53. The van der Waals surface area contributed by atoms with Crippen molar-refractivity contribution in [1.29, 1.82) is 0 Å². The number of rotatable bonds is 5. The molecule has 216 valence electrons. The highest BCUT2D eigenvalue weighted by Crippen LogP contribution is 2.38. The molecule has 1 aromatic carbocycles. The monoisotopic (exact) mass is 592 g/mol. The van der Waals surface area contributed by atoms with Gasteiger partial charge in [-0.2, -0.15) is 18.3 Å². The van der Waals surface area contributed by atoms with Crippen LogP contribution in [0.2, 0.25) is 0 Å². The average Bonchev–Trinajstić information content (AvgIpc) is 3.30. The lowest BCUT2D eigenvalue weighted by Crippen LogP contribution is -2.37. The highest BCUT2D eigenvalue weighted by molar-refractivity contribution is 7.88. The number of alkyl halides is 3. The van der Waals surface area contributed by atoms with E-state index in [1.807, 2.05) is 6.07 Å². The molecule has 11 nitrogen and oxygen atoms in total. The van der Waals surface area contributed by atoms with E-state index in [1.54, 1.807) is 10.6 Å². The van der Waals surface area contributed by atoms with E-state index in [4.69, 9.17) is 5.73 Å². The molecule has 0 atom stereocenters. The number of halogens is 4. The van der Waals surface area contributed by atoms with Crippen LogP contribution in [0.3, 0.4) is 0 Å². The number of benzene rings is 1. The van der Waals surface area contributed by atoms with Crippen molar-refractivity contribution < 1.29 is 30.8 Å². The fraction of sp³-hybridized carbons (Fsp3) is 0.280. The molecule has 1 saturated heterocycles. The molecule has 3 aromatic heterocycles. The number of urea groups is 1. The number of piperidine rings is 1. The van der Waals surface area contributed by atoms with Gasteiger partial charge in [-0.05, 0) is 48.7 Å². The third-order valence-corrected chi connectivity index (χ3v) is 8.11. The Labute approximate surface area is 231 Å². The van der Waals surface area contributed by atoms with Gasteiger partial charge < -0.3 is 11.1 Å². The topological polar surface area (TPSA) is 148 Å². The van der Waals surface area contributed by atoms with Gasteiger partial charge in [-0.15, -0.1) is 0 Å². The first-order valence-electron chi connectivity index (χ1n) is 12.3. The summed E-state index contributed by atoms with van der Waals surface area (Å²) in [5, 5.41) is 8.75. The summed E-state index contributed by atoms with van der Waals surface area (Å²) in [6.07, 6.45) is -0.152. The van der Waals surface area contributed by atoms with Crippen LogP contribution >= 0.6 is 0 Å². The van der Waals surface area contributed by atoms with Crippen LogP contribution in [-0.4, -0.2) is 57.7 Å². The fourth-order valence-corrected chi connectivity index (χ4v) is 5.69. The number of amides is 2. The van der Waals surface area contributed by atoms with Crippen molar-refractivity contribution in [2.24, 2.45) is 0 Å². The minimum absolute atomic E-state index is 0.0394. The normalized spacial score (nSPS) is 15.2. The average molecular weight is 593 g/mol. The van der Waals surface area contributed by atoms with Gasteiger partial charge in [0.2, 0.25) is 10.0 Å². The molecule has 0 aliphatic carbocycles. The largest absolute Gasteiger partial charge is 0.416 e. The molecule has 4 N–H and O–H groups in total. The van der Waals surface area contributed by atoms with Crippen molar-refractivity contribution in [2.45, 2.75) is 24.9 Å². The molecule has 2 amide bonds. The summed E-state index contributed by atoms with van der Waals surface area (Å²) in [5.41, 5.74) is 7.10. The van der Waals surface area contributed by atoms with Crippen LogP contribution in [0.5, 0.6) is 0 Å². The van der Waals surface area contributed by atoms with Crippen molar-refractivity contribution in [3.05, 3.63) is 66.0 Å². The third-order valence-electron chi connectivity index (χ3n) is 6.81. The minimum atomic E-state index is -4.62. The van der Waals surface area contributed by atoms with Gasteiger partial charge >= 0.3 is 12.2 Å². The molecule has 41 heavy (non-hydrogen) atoms. The summed E-state index contributed by atoms with van der Waals surface area (Å²) in [6, 6.07) is 6.26. The molecule has 5 rings (SSSR count). The zero-order chi connectivity index (χ0) is 29.5. The molecule has 0 bridgehead atoms. The van der Waals surface area contributed by atoms with Gasteiger partial charge in [-0.25, -0.2) is 36.4 Å². The summed E-state index contributed by atoms with van der Waals surface area (Å²) in [6.45, 7) is 0.694. The molecule has 1 aliphatic heterocycles. The Hall–Kier alpha value is -4.31. The Morgan fingerprint density at radius 1 is 1.07 bits per heavy atom. The van der Waals surface area contributed by atoms with Crippen LogP contribution in [-0.2, 0) is 16.2 Å². The molecule has 4 aromatic rings. The number of carbonyl (C=O) groups excluding carboxylic acids is 1. The maximum Gasteiger partial charge on any atom is 0.416 e. The van der Waals surface area contributed by atoms with E-state index >= 15 is 4.39 Å². The first kappa shape index (κ1) is 28.2. The predicted octanol–water partition coefficient (Wildman–Crippen LogP) is 4.31. The Balaban J connectivity index is 1.39. The van der Waals surface area contributed by atoms with E-state index in [2.05, 4.69) is 25.7 Å². The SMILES string of the molecule is CS(=O)(=O)N1CCC(c2cc(-c3ccc(NC(=O)Nc4cc(C(F)(F)F)ccn4)c(F)c3)c3c(N)ncnn23)CC1. The van der Waals surface area contributed by atoms with E-state index in [0.29, 0.717) is 48.6 Å². The molecule has 16 heteroatoms. The number of nitrogens with one attached hydrogen (secondary N) is 2. The smallest absolute Gasteiger partial charge is 0.382 e. The van der Waals surface area contributed by atoms with E-state index in [0.717, 1.165) is 18.0 Å². The molecule has 0 saturated carbocycles. The highest BCUT2D eigenvalue weighted by atomic mass is 32.2. The van der Waals surface area contributed by atoms with Gasteiger partial charge in [-0.3, -0.25) is 5.32 Å². The number of fused-ring (bicyclic) bond motifs is 1. The van der Waals surface area contributed by atoms with E-state index in [9.17, 15) is 26.4 Å². The van der Waals surface area contributed by atoms with E-state index < -0.39 is 33.6 Å². The van der Waals surface area contributed by atoms with Crippen molar-refractivity contribution in [1.82, 2.24) is 23.9 Å². The summed E-state index contributed by atoms with van der Waals surface area (Å²) in [5.74, 6) is -1.06. The quantitative estimate of drug-likeness (QED) is 0.293. The summed E-state index contributed by atoms with van der Waals surface area (Å²) < 4.78 is 80.8. The van der Waals surface area contributed by atoms with Gasteiger partial charge in [0.15, 0.2) is 5.82 Å². The van der Waals surface area contributed by atoms with Crippen LogP contribution in [0.4, 0.5) is 39.7 Å². The zero-order valence-corrected chi connectivity index (χ0v) is 22.3. The van der Waals surface area contributed by atoms with Crippen molar-refractivity contribution in [3.63, 3.8) is 0 Å². The Morgan fingerprint density at radius 3 is 2.46 bits per heavy atom. The number of sulfonamides is 1. The molecular weight excluding hydrogens is 568 g/mol. The molecule has 1 aliphatic rings. The van der Waals surface area contributed by atoms with Crippen LogP contribution < -0.4 is 16.4 Å². The van der Waals surface area contributed by atoms with Crippen LogP contribution in [0.1, 0.15) is 30.0 Å². The van der Waals surface area contributed by atoms with Crippen LogP contribution in [0.15, 0.2) is 48.9 Å². The summed E-state index contributed by atoms with van der Waals surface area (Å²) in [7, 11) is -3.31. The van der Waals surface area contributed by atoms with Gasteiger partial charge in [0, 0.05) is 36.5 Å². The van der Waals surface area contributed by atoms with Crippen LogP contribution in [0.25, 0.3) is 16.6 Å². The molecule has 1 fully saturated rings. The van der Waals surface area contributed by atoms with E-state index in [-0.39, 0.29) is 23.2 Å². The number of nitrogens with zero attached hydrogens (tertiary/aromatic N) is 5. The molecule has 0 unspecified atom stereocenters. The van der Waals surface area contributed by atoms with Gasteiger partial charge in [0.05, 0.1) is 17.5 Å². The zero-order valence-electron chi connectivity index (χ0n) is 21.5. The number of carbonyl (C=O) groups is 1. The number of nitrogen functional groups attached to an aromatic ring is 1. The second-order valence-corrected chi connectivity index (χ2v) is 11.5. The molecular formula is C25H24F4N8O3S. The van der Waals surface area contributed by atoms with Crippen LogP contribution in [0, 0.1) is 5.82 Å². The van der Waals surface area contributed by atoms with Gasteiger partial charge in [-0.1, -0.05) is 6.07 Å². The molecule has 0 spiro atoms.